The number of anilines is 1. The van der Waals surface area contributed by atoms with E-state index in [1.807, 2.05) is 69.3 Å². The van der Waals surface area contributed by atoms with Crippen LogP contribution in [0.5, 0.6) is 0 Å². The summed E-state index contributed by atoms with van der Waals surface area (Å²) in [6.45, 7) is 5.77. The highest BCUT2D eigenvalue weighted by Crippen LogP contribution is 2.28. The van der Waals surface area contributed by atoms with Crippen molar-refractivity contribution in [1.29, 1.82) is 0 Å². The molecule has 3 aromatic rings. The van der Waals surface area contributed by atoms with Crippen molar-refractivity contribution in [2.75, 3.05) is 11.9 Å². The van der Waals surface area contributed by atoms with Gasteiger partial charge in [0.2, 0.25) is 5.91 Å². The first-order valence-corrected chi connectivity index (χ1v) is 10.8. The quantitative estimate of drug-likeness (QED) is 0.415. The Morgan fingerprint density at radius 2 is 1.65 bits per heavy atom. The molecule has 5 heteroatoms. The number of aryl methyl sites for hydroxylation is 3. The van der Waals surface area contributed by atoms with Crippen molar-refractivity contribution < 1.29 is 9.59 Å². The molecule has 0 N–H and O–H groups in total. The molecule has 0 spiro atoms. The summed E-state index contributed by atoms with van der Waals surface area (Å²) in [5.74, 6) is 0.0850. The molecule has 1 aromatic heterocycles. The van der Waals surface area contributed by atoms with Gasteiger partial charge >= 0.3 is 0 Å². The summed E-state index contributed by atoms with van der Waals surface area (Å²) in [6.07, 6.45) is 1.49. The van der Waals surface area contributed by atoms with Crippen LogP contribution in [0.3, 0.4) is 0 Å². The summed E-state index contributed by atoms with van der Waals surface area (Å²) in [5, 5.41) is 0.448. The van der Waals surface area contributed by atoms with Crippen LogP contribution < -0.4 is 4.90 Å². The average molecular weight is 435 g/mol. The van der Waals surface area contributed by atoms with Crippen molar-refractivity contribution >= 4 is 29.0 Å². The highest BCUT2D eigenvalue weighted by molar-refractivity contribution is 6.34. The Bertz CT molecular complexity index is 1110. The van der Waals surface area contributed by atoms with Gasteiger partial charge in [0.05, 0.1) is 5.02 Å². The lowest BCUT2D eigenvalue weighted by Gasteiger charge is -2.17. The number of halogens is 1. The molecule has 1 amide bonds. The van der Waals surface area contributed by atoms with E-state index in [9.17, 15) is 9.59 Å². The molecule has 0 atom stereocenters. The first-order valence-electron chi connectivity index (χ1n) is 10.4. The fraction of sp³-hybridized carbons (Fsp3) is 0.269. The highest BCUT2D eigenvalue weighted by Gasteiger charge is 2.13. The van der Waals surface area contributed by atoms with Gasteiger partial charge in [-0.25, -0.2) is 0 Å². The zero-order valence-electron chi connectivity index (χ0n) is 18.4. The average Bonchev–Trinajstić information content (AvgIpc) is 2.77. The van der Waals surface area contributed by atoms with E-state index in [-0.39, 0.29) is 11.7 Å². The van der Waals surface area contributed by atoms with E-state index >= 15 is 0 Å². The Balaban J connectivity index is 1.72. The predicted octanol–water partition coefficient (Wildman–Crippen LogP) is 6.21. The third-order valence-corrected chi connectivity index (χ3v) is 5.80. The Kier molecular flexibility index (Phi) is 7.24. The number of benzene rings is 2. The second-order valence-electron chi connectivity index (χ2n) is 7.67. The number of carbonyl (C=O) groups excluding carboxylic acids is 2. The molecule has 0 aliphatic heterocycles. The van der Waals surface area contributed by atoms with E-state index in [2.05, 4.69) is 4.98 Å². The Hall–Kier alpha value is -2.98. The summed E-state index contributed by atoms with van der Waals surface area (Å²) < 4.78 is 0. The molecule has 0 bridgehead atoms. The van der Waals surface area contributed by atoms with Gasteiger partial charge < -0.3 is 4.90 Å². The molecule has 1 heterocycles. The van der Waals surface area contributed by atoms with Gasteiger partial charge in [-0.3, -0.25) is 14.6 Å². The lowest BCUT2D eigenvalue weighted by molar-refractivity contribution is -0.118. The van der Waals surface area contributed by atoms with Gasteiger partial charge in [-0.1, -0.05) is 42.8 Å². The lowest BCUT2D eigenvalue weighted by atomic mass is 9.98. The standard InChI is InChI=1S/C26H27ClN2O2/c1-5-26(31)29(4)22-12-8-20(9-13-22)21-10-14-23(24(27)16-21)25(30)15-11-19-7-6-17(2)28-18(19)3/h6-10,12-14,16H,5,11,15H2,1-4H3. The highest BCUT2D eigenvalue weighted by atomic mass is 35.5. The van der Waals surface area contributed by atoms with Crippen molar-refractivity contribution in [2.24, 2.45) is 0 Å². The van der Waals surface area contributed by atoms with Crippen molar-refractivity contribution in [3.8, 4) is 11.1 Å². The van der Waals surface area contributed by atoms with Crippen LogP contribution in [-0.2, 0) is 11.2 Å². The molecule has 0 saturated carbocycles. The van der Waals surface area contributed by atoms with Crippen molar-refractivity contribution in [3.05, 3.63) is 82.1 Å². The van der Waals surface area contributed by atoms with Crippen LogP contribution in [0, 0.1) is 13.8 Å². The van der Waals surface area contributed by atoms with Gasteiger partial charge in [-0.15, -0.1) is 0 Å². The van der Waals surface area contributed by atoms with Crippen LogP contribution in [0.1, 0.15) is 47.1 Å². The first kappa shape index (κ1) is 22.7. The van der Waals surface area contributed by atoms with Gasteiger partial charge in [-0.05, 0) is 67.3 Å². The minimum absolute atomic E-state index is 0.0200. The summed E-state index contributed by atoms with van der Waals surface area (Å²) in [4.78, 5) is 30.7. The summed E-state index contributed by atoms with van der Waals surface area (Å²) in [6, 6.07) is 17.3. The van der Waals surface area contributed by atoms with E-state index in [1.165, 1.54) is 0 Å². The molecule has 0 aliphatic carbocycles. The molecular weight excluding hydrogens is 408 g/mol. The molecule has 0 saturated heterocycles. The number of aromatic nitrogens is 1. The van der Waals surface area contributed by atoms with Crippen LogP contribution in [0.4, 0.5) is 5.69 Å². The zero-order chi connectivity index (χ0) is 22.5. The van der Waals surface area contributed by atoms with E-state index in [1.54, 1.807) is 18.0 Å². The SMILES string of the molecule is CCC(=O)N(C)c1ccc(-c2ccc(C(=O)CCc3ccc(C)nc3C)c(Cl)c2)cc1. The normalized spacial score (nSPS) is 10.7. The molecule has 31 heavy (non-hydrogen) atoms. The number of carbonyl (C=O) groups is 2. The van der Waals surface area contributed by atoms with Crippen LogP contribution in [0.15, 0.2) is 54.6 Å². The Morgan fingerprint density at radius 1 is 0.968 bits per heavy atom. The van der Waals surface area contributed by atoms with Crippen LogP contribution >= 0.6 is 11.6 Å². The van der Waals surface area contributed by atoms with Crippen LogP contribution in [0.2, 0.25) is 5.02 Å². The minimum Gasteiger partial charge on any atom is -0.316 e. The van der Waals surface area contributed by atoms with Crippen LogP contribution in [0.25, 0.3) is 11.1 Å². The lowest BCUT2D eigenvalue weighted by Crippen LogP contribution is -2.24. The maximum atomic E-state index is 12.7. The molecule has 2 aromatic carbocycles. The summed E-state index contributed by atoms with van der Waals surface area (Å²) in [5.41, 5.74) is 6.30. The second-order valence-corrected chi connectivity index (χ2v) is 8.08. The van der Waals surface area contributed by atoms with Crippen LogP contribution in [-0.4, -0.2) is 23.7 Å². The molecule has 160 valence electrons. The molecule has 0 aliphatic rings. The predicted molar refractivity (Wildman–Crippen MR) is 127 cm³/mol. The number of nitrogens with zero attached hydrogens (tertiary/aromatic N) is 2. The largest absolute Gasteiger partial charge is 0.316 e. The van der Waals surface area contributed by atoms with Crippen molar-refractivity contribution in [2.45, 2.75) is 40.0 Å². The van der Waals surface area contributed by atoms with Gasteiger partial charge in [-0.2, -0.15) is 0 Å². The second kappa shape index (κ2) is 9.88. The summed E-state index contributed by atoms with van der Waals surface area (Å²) >= 11 is 6.46. The Labute approximate surface area is 188 Å². The van der Waals surface area contributed by atoms with E-state index in [4.69, 9.17) is 11.6 Å². The van der Waals surface area contributed by atoms with Gasteiger partial charge in [0.1, 0.15) is 0 Å². The van der Waals surface area contributed by atoms with Crippen molar-refractivity contribution in [3.63, 3.8) is 0 Å². The summed E-state index contributed by atoms with van der Waals surface area (Å²) in [7, 11) is 1.77. The number of ketones is 1. The molecule has 0 fully saturated rings. The molecule has 0 unspecified atom stereocenters. The van der Waals surface area contributed by atoms with Gasteiger partial charge in [0.25, 0.3) is 0 Å². The number of hydrogen-bond acceptors (Lipinski definition) is 3. The number of amides is 1. The monoisotopic (exact) mass is 434 g/mol. The zero-order valence-corrected chi connectivity index (χ0v) is 19.2. The molecule has 0 radical (unpaired) electrons. The molecule has 3 rings (SSSR count). The topological polar surface area (TPSA) is 50.3 Å². The van der Waals surface area contributed by atoms with Gasteiger partial charge in [0.15, 0.2) is 5.78 Å². The van der Waals surface area contributed by atoms with E-state index < -0.39 is 0 Å². The molecule has 4 nitrogen and oxygen atoms in total. The maximum Gasteiger partial charge on any atom is 0.226 e. The van der Waals surface area contributed by atoms with E-state index in [0.717, 1.165) is 33.8 Å². The smallest absolute Gasteiger partial charge is 0.226 e. The third kappa shape index (κ3) is 5.39. The number of rotatable bonds is 7. The van der Waals surface area contributed by atoms with Gasteiger partial charge in [0, 0.05) is 42.5 Å². The van der Waals surface area contributed by atoms with Crippen molar-refractivity contribution in [1.82, 2.24) is 4.98 Å². The van der Waals surface area contributed by atoms with E-state index in [0.29, 0.717) is 29.8 Å². The first-order chi connectivity index (χ1) is 14.8. The fourth-order valence-electron chi connectivity index (χ4n) is 3.54. The number of hydrogen-bond donors (Lipinski definition) is 0. The minimum atomic E-state index is 0.0200. The number of Topliss-reactive ketones (excluding diaryl/α,β-unsaturated/α-hetero) is 1. The molecular formula is C26H27ClN2O2. The Morgan fingerprint density at radius 3 is 2.26 bits per heavy atom. The maximum absolute atomic E-state index is 12.7. The number of pyridine rings is 1. The fourth-order valence-corrected chi connectivity index (χ4v) is 3.83. The third-order valence-electron chi connectivity index (χ3n) is 5.49.